The Bertz CT molecular complexity index is 806. The number of benzene rings is 2. The van der Waals surface area contributed by atoms with Crippen LogP contribution in [0.4, 0.5) is 0 Å². The van der Waals surface area contributed by atoms with E-state index >= 15 is 0 Å². The van der Waals surface area contributed by atoms with Gasteiger partial charge < -0.3 is 0 Å². The van der Waals surface area contributed by atoms with E-state index in [1.807, 2.05) is 68.5 Å². The van der Waals surface area contributed by atoms with Crippen LogP contribution in [0.1, 0.15) is 22.3 Å². The highest BCUT2D eigenvalue weighted by molar-refractivity contribution is 8.85. The van der Waals surface area contributed by atoms with Gasteiger partial charge in [0.25, 0.3) is 0 Å². The fourth-order valence-electron chi connectivity index (χ4n) is 2.18. The van der Waals surface area contributed by atoms with E-state index in [0.29, 0.717) is 4.86 Å². The van der Waals surface area contributed by atoms with Crippen LogP contribution in [0.5, 0.6) is 0 Å². The molecular weight excluding hydrogens is 368 g/mol. The normalized spacial score (nSPS) is 18.0. The molecule has 24 heavy (non-hydrogen) atoms. The lowest BCUT2D eigenvalue weighted by atomic mass is 10.1. The third-order valence-electron chi connectivity index (χ3n) is 3.41. The maximum atomic E-state index is 11.1. The molecule has 126 valence electrons. The number of hydrogen-bond donors (Lipinski definition) is 0. The Morgan fingerprint density at radius 1 is 0.833 bits per heavy atom. The zero-order valence-corrected chi connectivity index (χ0v) is 15.4. The topological polar surface area (TPSA) is 78.4 Å². The predicted molar refractivity (Wildman–Crippen MR) is 90.7 cm³/mol. The summed E-state index contributed by atoms with van der Waals surface area (Å²) in [7, 11) is -4.45. The summed E-state index contributed by atoms with van der Waals surface area (Å²) in [5.74, 6) is 0. The summed E-state index contributed by atoms with van der Waals surface area (Å²) in [5.41, 5.74) is 4.05. The van der Waals surface area contributed by atoms with Crippen molar-refractivity contribution in [3.05, 3.63) is 76.9 Å². The van der Waals surface area contributed by atoms with Crippen LogP contribution in [-0.4, -0.2) is 4.86 Å². The van der Waals surface area contributed by atoms with Crippen molar-refractivity contribution in [3.63, 3.8) is 0 Å². The third-order valence-corrected chi connectivity index (χ3v) is 7.88. The monoisotopic (exact) mass is 382 g/mol. The van der Waals surface area contributed by atoms with E-state index < -0.39 is 20.0 Å². The molecular formula is C17H15ClO4S2. The van der Waals surface area contributed by atoms with Crippen LogP contribution in [0, 0.1) is 24.1 Å². The molecule has 0 radical (unpaired) electrons. The Labute approximate surface area is 149 Å². The minimum absolute atomic E-state index is 0.697. The molecule has 1 unspecified atom stereocenters. The van der Waals surface area contributed by atoms with Gasteiger partial charge in [0, 0.05) is 4.91 Å². The molecule has 2 aromatic rings. The Balaban J connectivity index is 1.99. The molecule has 0 saturated heterocycles. The van der Waals surface area contributed by atoms with E-state index in [1.165, 1.54) is 10.8 Å². The van der Waals surface area contributed by atoms with E-state index in [4.69, 9.17) is 3.74 Å². The molecule has 1 aliphatic heterocycles. The second-order valence-corrected chi connectivity index (χ2v) is 9.55. The van der Waals surface area contributed by atoms with Crippen molar-refractivity contribution in [1.82, 2.24) is 0 Å². The van der Waals surface area contributed by atoms with Crippen molar-refractivity contribution in [3.8, 4) is 0 Å². The Morgan fingerprint density at radius 2 is 1.33 bits per heavy atom. The van der Waals surface area contributed by atoms with E-state index in [2.05, 4.69) is 0 Å². The van der Waals surface area contributed by atoms with Gasteiger partial charge in [-0.2, -0.15) is 14.0 Å². The van der Waals surface area contributed by atoms with Crippen molar-refractivity contribution in [1.29, 1.82) is 0 Å². The highest BCUT2D eigenvalue weighted by Gasteiger charge is 2.31. The Morgan fingerprint density at radius 3 is 1.83 bits per heavy atom. The van der Waals surface area contributed by atoms with Crippen LogP contribution in [0.25, 0.3) is 4.91 Å². The molecule has 0 N–H and O–H groups in total. The fourth-order valence-corrected chi connectivity index (χ4v) is 6.81. The van der Waals surface area contributed by atoms with Gasteiger partial charge in [0.05, 0.1) is 15.1 Å². The first kappa shape index (κ1) is 17.7. The second kappa shape index (κ2) is 7.01. The molecule has 0 aliphatic carbocycles. The molecule has 0 fully saturated rings. The number of allylic oxidation sites excluding steroid dienone is 1. The van der Waals surface area contributed by atoms with Gasteiger partial charge in [0.1, 0.15) is 3.74 Å². The van der Waals surface area contributed by atoms with Crippen LogP contribution in [0.2, 0.25) is 0 Å². The molecule has 3 rings (SSSR count). The molecule has 0 spiro atoms. The molecule has 2 aromatic carbocycles. The van der Waals surface area contributed by atoms with E-state index in [-0.39, 0.29) is 0 Å². The quantitative estimate of drug-likeness (QED) is 0.593. The molecule has 1 atom stereocenters. The first-order valence-electron chi connectivity index (χ1n) is 7.08. The summed E-state index contributed by atoms with van der Waals surface area (Å²) < 4.78 is 37.9. The summed E-state index contributed by atoms with van der Waals surface area (Å²) in [6, 6.07) is 15.6. The van der Waals surface area contributed by atoms with Gasteiger partial charge in [-0.1, -0.05) is 59.7 Å². The van der Waals surface area contributed by atoms with Crippen molar-refractivity contribution in [2.24, 2.45) is 0 Å². The first-order valence-corrected chi connectivity index (χ1v) is 10.8. The lowest BCUT2D eigenvalue weighted by Crippen LogP contribution is -2.60. The SMILES string of the molecule is Cc1ccc(C2=CC(c3ccc(C)cc3)=S(O[Cl+3]([O-])([O-])[O-])S2)cc1. The number of rotatable bonds is 4. The number of hydrogen-bond acceptors (Lipinski definition) is 5. The second-order valence-electron chi connectivity index (χ2n) is 5.36. The van der Waals surface area contributed by atoms with Crippen LogP contribution >= 0.6 is 20.6 Å². The zero-order valence-electron chi connectivity index (χ0n) is 13.0. The number of halogens is 1. The van der Waals surface area contributed by atoms with Gasteiger partial charge in [-0.3, -0.25) is 0 Å². The Hall–Kier alpha value is -1.12. The third kappa shape index (κ3) is 4.29. The fraction of sp³-hybridized carbons (Fsp3) is 0.118. The zero-order chi connectivity index (χ0) is 17.3. The minimum atomic E-state index is -4.49. The smallest absolute Gasteiger partial charge is 0.180 e. The minimum Gasteiger partial charge on any atom is -0.182 e. The van der Waals surface area contributed by atoms with Crippen LogP contribution < -0.4 is 14.0 Å². The van der Waals surface area contributed by atoms with E-state index in [9.17, 15) is 14.0 Å². The van der Waals surface area contributed by atoms with E-state index in [0.717, 1.165) is 27.2 Å². The van der Waals surface area contributed by atoms with Gasteiger partial charge in [-0.25, -0.2) is 0 Å². The first-order chi connectivity index (χ1) is 11.3. The summed E-state index contributed by atoms with van der Waals surface area (Å²) in [6.07, 6.45) is 1.89. The maximum absolute atomic E-state index is 11.1. The molecule has 0 amide bonds. The molecule has 7 heteroatoms. The standard InChI is InChI=1S/C17H15ClO4S2/c1-12-3-7-14(8-4-12)16-11-17(15-9-5-13(2)6-10-15)24(23-16)22-18(19,20)21/h3-11H,1-2H3. The molecule has 4 nitrogen and oxygen atoms in total. The van der Waals surface area contributed by atoms with Crippen LogP contribution in [0.3, 0.4) is 0 Å². The largest absolute Gasteiger partial charge is 0.182 e. The lowest BCUT2D eigenvalue weighted by Gasteiger charge is -2.13. The summed E-state index contributed by atoms with van der Waals surface area (Å²) in [5, 5.41) is 0. The molecule has 0 aromatic heterocycles. The van der Waals surface area contributed by atoms with Crippen molar-refractivity contribution < 1.29 is 28.0 Å². The summed E-state index contributed by atoms with van der Waals surface area (Å²) in [4.78, 5) is 1.58. The number of aryl methyl sites for hydroxylation is 2. The Kier molecular flexibility index (Phi) is 5.17. The van der Waals surface area contributed by atoms with Gasteiger partial charge >= 0.3 is 0 Å². The molecule has 0 bridgehead atoms. The lowest BCUT2D eigenvalue weighted by molar-refractivity contribution is -1.91. The van der Waals surface area contributed by atoms with Gasteiger partial charge in [-0.05, 0) is 41.8 Å². The average Bonchev–Trinajstić information content (AvgIpc) is 2.90. The highest BCUT2D eigenvalue weighted by Crippen LogP contribution is 2.51. The maximum Gasteiger partial charge on any atom is 0.180 e. The summed E-state index contributed by atoms with van der Waals surface area (Å²) >= 11 is 0. The van der Waals surface area contributed by atoms with Gasteiger partial charge in [0.2, 0.25) is 0 Å². The van der Waals surface area contributed by atoms with E-state index in [1.54, 1.807) is 0 Å². The van der Waals surface area contributed by atoms with Crippen molar-refractivity contribution in [2.75, 3.05) is 0 Å². The molecule has 0 saturated carbocycles. The van der Waals surface area contributed by atoms with Gasteiger partial charge in [0.15, 0.2) is 9.80 Å². The van der Waals surface area contributed by atoms with Crippen LogP contribution in [0.15, 0.2) is 54.6 Å². The van der Waals surface area contributed by atoms with Gasteiger partial charge in [-0.15, -0.1) is 0 Å². The summed E-state index contributed by atoms with van der Waals surface area (Å²) in [6.45, 7) is 3.97. The van der Waals surface area contributed by atoms with Crippen LogP contribution in [-0.2, 0) is 3.74 Å². The molecule has 1 aliphatic rings. The highest BCUT2D eigenvalue weighted by atomic mass is 35.7. The predicted octanol–water partition coefficient (Wildman–Crippen LogP) is 1.62. The average molecular weight is 383 g/mol. The molecule has 1 heterocycles. The van der Waals surface area contributed by atoms with Crippen molar-refractivity contribution in [2.45, 2.75) is 13.8 Å². The van der Waals surface area contributed by atoms with Crippen molar-refractivity contribution >= 4 is 30.4 Å².